The first-order valence-corrected chi connectivity index (χ1v) is 5.70. The first kappa shape index (κ1) is 12.1. The number of carbonyl (C=O) groups excluding carboxylic acids is 1. The summed E-state index contributed by atoms with van der Waals surface area (Å²) in [5.74, 6) is 0.0342. The Kier molecular flexibility index (Phi) is 3.44. The molecule has 0 saturated carbocycles. The van der Waals surface area contributed by atoms with Crippen molar-refractivity contribution in [3.05, 3.63) is 22.2 Å². The van der Waals surface area contributed by atoms with Gasteiger partial charge in [-0.3, -0.25) is 14.5 Å². The van der Waals surface area contributed by atoms with Gasteiger partial charge in [0.1, 0.15) is 5.76 Å². The van der Waals surface area contributed by atoms with E-state index in [4.69, 9.17) is 9.63 Å². The van der Waals surface area contributed by atoms with Crippen molar-refractivity contribution >= 4 is 5.91 Å². The second kappa shape index (κ2) is 4.85. The molecule has 1 N–H and O–H groups in total. The minimum Gasteiger partial charge on any atom is -0.395 e. The number of nitrogens with zero attached hydrogens (tertiary/aromatic N) is 2. The highest BCUT2D eigenvalue weighted by molar-refractivity contribution is 5.79. The number of rotatable bonds is 3. The zero-order chi connectivity index (χ0) is 12.4. The third-order valence-corrected chi connectivity index (χ3v) is 3.04. The summed E-state index contributed by atoms with van der Waals surface area (Å²) >= 11 is 0. The highest BCUT2D eigenvalue weighted by Gasteiger charge is 2.26. The third kappa shape index (κ3) is 2.48. The first-order chi connectivity index (χ1) is 8.11. The molecule has 0 unspecified atom stereocenters. The van der Waals surface area contributed by atoms with Crippen molar-refractivity contribution in [1.82, 2.24) is 9.64 Å². The van der Waals surface area contributed by atoms with Gasteiger partial charge in [0.15, 0.2) is 0 Å². The van der Waals surface area contributed by atoms with E-state index in [1.54, 1.807) is 6.92 Å². The predicted octanol–water partition coefficient (Wildman–Crippen LogP) is -0.153. The molecule has 0 amide bonds. The first-order valence-electron chi connectivity index (χ1n) is 5.70. The number of likely N-dealkylation sites (tertiary alicyclic amines) is 1. The van der Waals surface area contributed by atoms with Crippen LogP contribution in [0.3, 0.4) is 0 Å². The standard InChI is InChI=1S/C11H16N2O4/c1-8-5-10(15)13(17-8)11(16)6-12-4-2-3-9(12)7-14/h5,9,14H,2-4,6-7H2,1H3/t9-/m0/s1. The molecule has 1 aliphatic rings. The molecule has 0 radical (unpaired) electrons. The Morgan fingerprint density at radius 2 is 2.41 bits per heavy atom. The molecule has 1 aromatic rings. The molecule has 17 heavy (non-hydrogen) atoms. The smallest absolute Gasteiger partial charge is 0.290 e. The van der Waals surface area contributed by atoms with Crippen LogP contribution in [0.2, 0.25) is 0 Å². The van der Waals surface area contributed by atoms with E-state index in [2.05, 4.69) is 0 Å². The maximum Gasteiger partial charge on any atom is 0.290 e. The van der Waals surface area contributed by atoms with Gasteiger partial charge in [-0.05, 0) is 26.3 Å². The van der Waals surface area contributed by atoms with E-state index in [1.165, 1.54) is 6.07 Å². The Balaban J connectivity index is 2.07. The van der Waals surface area contributed by atoms with Gasteiger partial charge in [-0.1, -0.05) is 0 Å². The largest absolute Gasteiger partial charge is 0.395 e. The van der Waals surface area contributed by atoms with Crippen molar-refractivity contribution in [2.24, 2.45) is 0 Å². The Labute approximate surface area is 98.4 Å². The van der Waals surface area contributed by atoms with Crippen molar-refractivity contribution in [2.75, 3.05) is 19.7 Å². The molecule has 6 nitrogen and oxygen atoms in total. The lowest BCUT2D eigenvalue weighted by atomic mass is 10.2. The van der Waals surface area contributed by atoms with Crippen LogP contribution in [-0.4, -0.2) is 46.4 Å². The van der Waals surface area contributed by atoms with Crippen molar-refractivity contribution in [3.63, 3.8) is 0 Å². The molecular weight excluding hydrogens is 224 g/mol. The van der Waals surface area contributed by atoms with Crippen molar-refractivity contribution in [3.8, 4) is 0 Å². The SMILES string of the molecule is Cc1cc(=O)n(C(=O)CN2CCC[C@H]2CO)o1. The topological polar surface area (TPSA) is 75.7 Å². The molecule has 0 aliphatic carbocycles. The van der Waals surface area contributed by atoms with Gasteiger partial charge < -0.3 is 9.63 Å². The molecule has 2 rings (SSSR count). The second-order valence-corrected chi connectivity index (χ2v) is 4.32. The monoisotopic (exact) mass is 240 g/mol. The van der Waals surface area contributed by atoms with Crippen LogP contribution in [0, 0.1) is 6.92 Å². The molecule has 6 heteroatoms. The quantitative estimate of drug-likeness (QED) is 0.795. The maximum atomic E-state index is 11.8. The Bertz CT molecular complexity index is 462. The summed E-state index contributed by atoms with van der Waals surface area (Å²) < 4.78 is 5.80. The zero-order valence-corrected chi connectivity index (χ0v) is 9.76. The Morgan fingerprint density at radius 3 is 3.00 bits per heavy atom. The van der Waals surface area contributed by atoms with Gasteiger partial charge in [-0.15, -0.1) is 4.74 Å². The van der Waals surface area contributed by atoms with E-state index in [0.29, 0.717) is 5.76 Å². The molecule has 1 aliphatic heterocycles. The molecule has 94 valence electrons. The maximum absolute atomic E-state index is 11.8. The van der Waals surface area contributed by atoms with Crippen LogP contribution in [0.25, 0.3) is 0 Å². The fourth-order valence-corrected chi connectivity index (χ4v) is 2.17. The predicted molar refractivity (Wildman–Crippen MR) is 60.0 cm³/mol. The molecule has 2 heterocycles. The Hall–Kier alpha value is -1.40. The Morgan fingerprint density at radius 1 is 1.65 bits per heavy atom. The average Bonchev–Trinajstić information content (AvgIpc) is 2.84. The number of hydrogen-bond donors (Lipinski definition) is 1. The van der Waals surface area contributed by atoms with Crippen LogP contribution in [-0.2, 0) is 0 Å². The van der Waals surface area contributed by atoms with Gasteiger partial charge in [-0.25, -0.2) is 0 Å². The van der Waals surface area contributed by atoms with Crippen molar-refractivity contribution < 1.29 is 14.4 Å². The van der Waals surface area contributed by atoms with Crippen molar-refractivity contribution in [2.45, 2.75) is 25.8 Å². The highest BCUT2D eigenvalue weighted by Crippen LogP contribution is 2.16. The lowest BCUT2D eigenvalue weighted by Crippen LogP contribution is -2.39. The van der Waals surface area contributed by atoms with Gasteiger partial charge in [-0.2, -0.15) is 0 Å². The molecule has 1 atom stereocenters. The van der Waals surface area contributed by atoms with Crippen LogP contribution in [0.5, 0.6) is 0 Å². The van der Waals surface area contributed by atoms with E-state index in [1.807, 2.05) is 4.90 Å². The van der Waals surface area contributed by atoms with Crippen molar-refractivity contribution in [1.29, 1.82) is 0 Å². The molecule has 0 spiro atoms. The van der Waals surface area contributed by atoms with Crippen LogP contribution < -0.4 is 5.56 Å². The summed E-state index contributed by atoms with van der Waals surface area (Å²) in [6, 6.07) is 1.30. The minimum atomic E-state index is -0.438. The molecular formula is C11H16N2O4. The zero-order valence-electron chi connectivity index (χ0n) is 9.76. The normalized spacial score (nSPS) is 20.9. The van der Waals surface area contributed by atoms with Gasteiger partial charge in [0.05, 0.1) is 13.2 Å². The number of aliphatic hydroxyl groups excluding tert-OH is 1. The van der Waals surface area contributed by atoms with Gasteiger partial charge in [0.2, 0.25) is 0 Å². The van der Waals surface area contributed by atoms with Crippen LogP contribution in [0.1, 0.15) is 23.4 Å². The summed E-state index contributed by atoms with van der Waals surface area (Å²) in [6.07, 6.45) is 1.85. The second-order valence-electron chi connectivity index (χ2n) is 4.32. The van der Waals surface area contributed by atoms with Crippen LogP contribution in [0.4, 0.5) is 0 Å². The molecule has 0 aromatic carbocycles. The fourth-order valence-electron chi connectivity index (χ4n) is 2.17. The summed E-state index contributed by atoms with van der Waals surface area (Å²) in [6.45, 7) is 2.54. The number of carbonyl (C=O) groups is 1. The van der Waals surface area contributed by atoms with Gasteiger partial charge in [0, 0.05) is 12.1 Å². The van der Waals surface area contributed by atoms with E-state index in [9.17, 15) is 9.59 Å². The molecule has 0 bridgehead atoms. The van der Waals surface area contributed by atoms with Crippen LogP contribution in [0.15, 0.2) is 15.4 Å². The van der Waals surface area contributed by atoms with E-state index >= 15 is 0 Å². The number of aliphatic hydroxyl groups is 1. The highest BCUT2D eigenvalue weighted by atomic mass is 16.5. The molecule has 1 saturated heterocycles. The summed E-state index contributed by atoms with van der Waals surface area (Å²) in [7, 11) is 0. The summed E-state index contributed by atoms with van der Waals surface area (Å²) in [5, 5.41) is 9.13. The van der Waals surface area contributed by atoms with Gasteiger partial charge in [0.25, 0.3) is 11.5 Å². The van der Waals surface area contributed by atoms with E-state index in [-0.39, 0.29) is 25.1 Å². The molecule has 1 aromatic heterocycles. The van der Waals surface area contributed by atoms with Gasteiger partial charge >= 0.3 is 0 Å². The minimum absolute atomic E-state index is 0.0192. The van der Waals surface area contributed by atoms with E-state index < -0.39 is 5.56 Å². The summed E-state index contributed by atoms with van der Waals surface area (Å²) in [5.41, 5.74) is -0.438. The molecule has 1 fully saturated rings. The number of aryl methyl sites for hydroxylation is 1. The number of hydrogen-bond acceptors (Lipinski definition) is 5. The fraction of sp³-hybridized carbons (Fsp3) is 0.636. The third-order valence-electron chi connectivity index (χ3n) is 3.04. The van der Waals surface area contributed by atoms with Crippen LogP contribution >= 0.6 is 0 Å². The summed E-state index contributed by atoms with van der Waals surface area (Å²) in [4.78, 5) is 25.1. The van der Waals surface area contributed by atoms with E-state index in [0.717, 1.165) is 24.1 Å². The lowest BCUT2D eigenvalue weighted by Gasteiger charge is -2.20. The average molecular weight is 240 g/mol. The lowest BCUT2D eigenvalue weighted by molar-refractivity contribution is 0.0678. The number of aromatic nitrogens is 1.